The van der Waals surface area contributed by atoms with E-state index < -0.39 is 0 Å². The van der Waals surface area contributed by atoms with Crippen molar-refractivity contribution in [2.75, 3.05) is 62.3 Å². The Bertz CT molecular complexity index is 2870. The largest absolute Gasteiger partial charge is 0.496 e. The van der Waals surface area contributed by atoms with Crippen LogP contribution in [0.1, 0.15) is 48.6 Å². The third kappa shape index (κ3) is 13.2. The van der Waals surface area contributed by atoms with Crippen LogP contribution in [0.3, 0.4) is 0 Å². The molecule has 10 rings (SSSR count). The van der Waals surface area contributed by atoms with Crippen LogP contribution in [0.25, 0.3) is 22.8 Å². The molecule has 2 aliphatic heterocycles. The van der Waals surface area contributed by atoms with E-state index in [4.69, 9.17) is 36.3 Å². The van der Waals surface area contributed by atoms with E-state index in [9.17, 15) is 0 Å². The van der Waals surface area contributed by atoms with Crippen LogP contribution in [0.4, 0.5) is 40.3 Å². The van der Waals surface area contributed by atoms with Gasteiger partial charge in [-0.05, 0) is 133 Å². The van der Waals surface area contributed by atoms with Crippen LogP contribution in [-0.2, 0) is 9.47 Å². The number of hydrogen-bond donors (Lipinski definition) is 4. The van der Waals surface area contributed by atoms with Crippen molar-refractivity contribution in [3.63, 3.8) is 0 Å². The van der Waals surface area contributed by atoms with Crippen molar-refractivity contribution >= 4 is 51.9 Å². The lowest BCUT2D eigenvalue weighted by atomic mass is 9.91. The van der Waals surface area contributed by atoms with Crippen LogP contribution >= 0.6 is 11.6 Å². The average molecular weight is 946 g/mol. The molecule has 2 aromatic carbocycles. The number of methoxy groups -OCH3 is 2. The molecule has 0 amide bonds. The first kappa shape index (κ1) is 47.7. The number of nitrogen functional groups attached to an aromatic ring is 1. The Hall–Kier alpha value is -7.79. The number of nitrogens with two attached hydrogens (primary N) is 1. The number of halogens is 1. The number of ether oxygens (including phenoxy) is 4. The third-order valence-corrected chi connectivity index (χ3v) is 11.5. The van der Waals surface area contributed by atoms with Gasteiger partial charge in [0.2, 0.25) is 11.2 Å². The summed E-state index contributed by atoms with van der Waals surface area (Å²) in [4.78, 5) is 34.5. The number of aromatic nitrogens is 8. The van der Waals surface area contributed by atoms with Gasteiger partial charge in [-0.25, -0.2) is 15.0 Å². The molecule has 0 aliphatic carbocycles. The second kappa shape index (κ2) is 24.3. The minimum atomic E-state index is 0.193. The van der Waals surface area contributed by atoms with Gasteiger partial charge in [-0.15, -0.1) is 0 Å². The first-order chi connectivity index (χ1) is 33.9. The van der Waals surface area contributed by atoms with Crippen molar-refractivity contribution in [3.8, 4) is 34.3 Å². The minimum Gasteiger partial charge on any atom is -0.496 e. The summed E-state index contributed by atoms with van der Waals surface area (Å²) in [6.45, 7) is 3.28. The second-order valence-corrected chi connectivity index (χ2v) is 16.1. The van der Waals surface area contributed by atoms with Gasteiger partial charge in [0.05, 0.1) is 37.0 Å². The highest BCUT2D eigenvalue weighted by molar-refractivity contribution is 6.28. The fraction of sp³-hybridized carbons (Fsp3) is 0.231. The zero-order chi connectivity index (χ0) is 47.6. The fourth-order valence-electron chi connectivity index (χ4n) is 7.93. The van der Waals surface area contributed by atoms with Crippen molar-refractivity contribution in [2.45, 2.75) is 37.5 Å². The van der Waals surface area contributed by atoms with E-state index >= 15 is 0 Å². The monoisotopic (exact) mass is 944 g/mol. The molecular weight excluding hydrogens is 892 g/mol. The highest BCUT2D eigenvalue weighted by Gasteiger charge is 2.21. The van der Waals surface area contributed by atoms with E-state index in [1.165, 1.54) is 11.1 Å². The number of rotatable bonds is 12. The molecule has 0 bridgehead atoms. The summed E-state index contributed by atoms with van der Waals surface area (Å²) in [6, 6.07) is 34.6. The molecule has 0 radical (unpaired) electrons. The smallest absolute Gasteiger partial charge is 0.229 e. The predicted octanol–water partition coefficient (Wildman–Crippen LogP) is 10.8. The van der Waals surface area contributed by atoms with Crippen molar-refractivity contribution in [1.29, 1.82) is 0 Å². The van der Waals surface area contributed by atoms with Crippen molar-refractivity contribution in [1.82, 2.24) is 39.9 Å². The maximum Gasteiger partial charge on any atom is 0.229 e. The molecule has 69 heavy (non-hydrogen) atoms. The summed E-state index contributed by atoms with van der Waals surface area (Å²) >= 11 is 5.78. The van der Waals surface area contributed by atoms with Gasteiger partial charge < -0.3 is 40.6 Å². The molecule has 0 atom stereocenters. The zero-order valence-corrected chi connectivity index (χ0v) is 39.1. The summed E-state index contributed by atoms with van der Waals surface area (Å²) in [6.07, 6.45) is 14.4. The number of pyridine rings is 4. The van der Waals surface area contributed by atoms with E-state index in [0.29, 0.717) is 29.4 Å². The molecule has 2 aliphatic rings. The molecule has 2 fully saturated rings. The number of anilines is 7. The molecule has 352 valence electrons. The van der Waals surface area contributed by atoms with E-state index in [-0.39, 0.29) is 5.28 Å². The number of nitrogens with zero attached hydrogens (tertiary/aromatic N) is 8. The van der Waals surface area contributed by atoms with Gasteiger partial charge >= 0.3 is 0 Å². The van der Waals surface area contributed by atoms with Gasteiger partial charge in [0.25, 0.3) is 0 Å². The molecule has 6 aromatic heterocycles. The lowest BCUT2D eigenvalue weighted by molar-refractivity contribution is 0.0847. The molecular formula is C52H53ClN12O4. The number of benzene rings is 2. The number of hydrogen-bond acceptors (Lipinski definition) is 16. The standard InChI is InChI=1S/C26H26N6O2.C14H10ClN5.C12H17NO2/c1-33-23-17-19(7-8-20(23)18-10-15-34-16-11-18)30-26-29-14-9-24(32-26)31-22-6-4-13-28-25(22)21-5-2-3-12-27-21;15-14-18-9-6-12(20-14)19-11-5-3-8-17-13(11)10-4-1-2-7-16-10;1-14-12-8-10(13)2-3-11(12)9-4-6-15-7-5-9/h2-9,12-14,17-18H,10-11,15-16H2,1H3,(H2,29,30,31,32);1-9H,(H,18,19,20);2-3,8-9H,4-7,13H2,1H3. The molecule has 0 spiro atoms. The molecule has 0 saturated carbocycles. The Morgan fingerprint density at radius 2 is 1.04 bits per heavy atom. The van der Waals surface area contributed by atoms with Crippen molar-refractivity contribution in [2.24, 2.45) is 0 Å². The van der Waals surface area contributed by atoms with Crippen molar-refractivity contribution in [3.05, 3.63) is 163 Å². The fourth-order valence-corrected chi connectivity index (χ4v) is 8.08. The molecule has 17 heteroatoms. The van der Waals surface area contributed by atoms with Crippen LogP contribution in [0.15, 0.2) is 146 Å². The molecule has 5 N–H and O–H groups in total. The van der Waals surface area contributed by atoms with Crippen molar-refractivity contribution < 1.29 is 18.9 Å². The summed E-state index contributed by atoms with van der Waals surface area (Å²) < 4.78 is 21.9. The molecule has 0 unspecified atom stereocenters. The van der Waals surface area contributed by atoms with Gasteiger partial charge in [0, 0.05) is 87.1 Å². The summed E-state index contributed by atoms with van der Waals surface area (Å²) in [5.74, 6) is 4.50. The van der Waals surface area contributed by atoms with Crippen LogP contribution < -0.4 is 31.2 Å². The minimum absolute atomic E-state index is 0.193. The third-order valence-electron chi connectivity index (χ3n) is 11.3. The highest BCUT2D eigenvalue weighted by atomic mass is 35.5. The van der Waals surface area contributed by atoms with Crippen LogP contribution in [-0.4, -0.2) is 80.5 Å². The average Bonchev–Trinajstić information content (AvgIpc) is 3.40. The molecule has 8 aromatic rings. The van der Waals surface area contributed by atoms with Crippen LogP contribution in [0, 0.1) is 0 Å². The highest BCUT2D eigenvalue weighted by Crippen LogP contribution is 2.37. The zero-order valence-electron chi connectivity index (χ0n) is 38.3. The van der Waals surface area contributed by atoms with E-state index in [2.05, 4.69) is 68.0 Å². The van der Waals surface area contributed by atoms with E-state index in [1.54, 1.807) is 57.5 Å². The first-order valence-electron chi connectivity index (χ1n) is 22.6. The Balaban J connectivity index is 0.000000155. The SMILES string of the molecule is COc1cc(N)ccc1C1CCOCC1.COc1cc(Nc2nccc(Nc3cccnc3-c3ccccn3)n2)ccc1C1CCOCC1.Clc1nccc(Nc2cccnc2-c2ccccn2)n1. The van der Waals surface area contributed by atoms with Gasteiger partial charge in [0.1, 0.15) is 34.5 Å². The summed E-state index contributed by atoms with van der Waals surface area (Å²) in [5.41, 5.74) is 14.5. The van der Waals surface area contributed by atoms with Gasteiger partial charge in [0.15, 0.2) is 0 Å². The molecule has 16 nitrogen and oxygen atoms in total. The van der Waals surface area contributed by atoms with E-state index in [1.807, 2.05) is 91.0 Å². The van der Waals surface area contributed by atoms with Crippen LogP contribution in [0.5, 0.6) is 11.5 Å². The normalized spacial score (nSPS) is 13.7. The Morgan fingerprint density at radius 1 is 0.522 bits per heavy atom. The summed E-state index contributed by atoms with van der Waals surface area (Å²) in [7, 11) is 3.40. The predicted molar refractivity (Wildman–Crippen MR) is 270 cm³/mol. The maximum atomic E-state index is 5.78. The topological polar surface area (TPSA) is 202 Å². The van der Waals surface area contributed by atoms with E-state index in [0.717, 1.165) is 109 Å². The Morgan fingerprint density at radius 3 is 1.58 bits per heavy atom. The molecule has 8 heterocycles. The summed E-state index contributed by atoms with van der Waals surface area (Å²) in [5, 5.41) is 9.99. The quantitative estimate of drug-likeness (QED) is 0.0665. The lowest BCUT2D eigenvalue weighted by Gasteiger charge is -2.24. The van der Waals surface area contributed by atoms with Crippen LogP contribution in [0.2, 0.25) is 5.28 Å². The maximum absolute atomic E-state index is 5.78. The van der Waals surface area contributed by atoms with Gasteiger partial charge in [-0.3, -0.25) is 19.9 Å². The lowest BCUT2D eigenvalue weighted by Crippen LogP contribution is -2.14. The Kier molecular flexibility index (Phi) is 16.8. The van der Waals surface area contributed by atoms with Gasteiger partial charge in [-0.2, -0.15) is 4.98 Å². The first-order valence-corrected chi connectivity index (χ1v) is 22.9. The number of nitrogens with one attached hydrogen (secondary N) is 3. The molecule has 2 saturated heterocycles. The second-order valence-electron chi connectivity index (χ2n) is 15.8. The van der Waals surface area contributed by atoms with Gasteiger partial charge in [-0.1, -0.05) is 24.3 Å². The Labute approximate surface area is 406 Å².